The maximum atomic E-state index is 12.5. The van der Waals surface area contributed by atoms with Gasteiger partial charge in [-0.3, -0.25) is 4.79 Å². The van der Waals surface area contributed by atoms with Gasteiger partial charge in [-0.05, 0) is 44.9 Å². The van der Waals surface area contributed by atoms with Crippen LogP contribution < -0.4 is 14.8 Å². The van der Waals surface area contributed by atoms with Crippen LogP contribution in [-0.4, -0.2) is 38.5 Å². The number of oxime groups is 1. The van der Waals surface area contributed by atoms with Crippen LogP contribution >= 0.6 is 0 Å². The van der Waals surface area contributed by atoms with Gasteiger partial charge < -0.3 is 19.6 Å². The Labute approximate surface area is 168 Å². The molecular weight excluding hydrogens is 356 g/mol. The summed E-state index contributed by atoms with van der Waals surface area (Å²) in [5, 5.41) is 6.78. The number of methoxy groups -OCH3 is 1. The molecule has 2 rings (SSSR count). The van der Waals surface area contributed by atoms with E-state index in [0.717, 1.165) is 11.1 Å². The standard InChI is InChI=1S/C22H28N2O4.H2/c1-15(2)28-19-11-8-17(14-20(19)26-4)12-13-23-22(25)21(24-27-5)18-9-6-16(3)7-10-18;/h6-11,14-15H,12-13H2,1-5H3,(H,23,25);1H/b24-21-;. The molecule has 28 heavy (non-hydrogen) atoms. The fourth-order valence-electron chi connectivity index (χ4n) is 2.65. The Morgan fingerprint density at radius 3 is 2.43 bits per heavy atom. The van der Waals surface area contributed by atoms with Gasteiger partial charge in [0, 0.05) is 13.5 Å². The van der Waals surface area contributed by atoms with Crippen LogP contribution in [0.25, 0.3) is 0 Å². The van der Waals surface area contributed by atoms with E-state index in [1.807, 2.05) is 63.2 Å². The minimum Gasteiger partial charge on any atom is -0.493 e. The maximum Gasteiger partial charge on any atom is 0.273 e. The molecule has 2 aromatic carbocycles. The average Bonchev–Trinajstić information content (AvgIpc) is 2.67. The van der Waals surface area contributed by atoms with Crippen LogP contribution in [0, 0.1) is 6.92 Å². The van der Waals surface area contributed by atoms with Crippen LogP contribution in [0.4, 0.5) is 0 Å². The Kier molecular flexibility index (Phi) is 7.87. The molecule has 0 fully saturated rings. The normalized spacial score (nSPS) is 11.3. The summed E-state index contributed by atoms with van der Waals surface area (Å²) in [7, 11) is 3.04. The van der Waals surface area contributed by atoms with Gasteiger partial charge in [0.2, 0.25) is 0 Å². The number of carbonyl (C=O) groups is 1. The minimum absolute atomic E-state index is 0. The van der Waals surface area contributed by atoms with Crippen molar-refractivity contribution < 1.29 is 20.5 Å². The van der Waals surface area contributed by atoms with Crippen molar-refractivity contribution in [2.24, 2.45) is 5.16 Å². The highest BCUT2D eigenvalue weighted by molar-refractivity contribution is 6.45. The first-order valence-electron chi connectivity index (χ1n) is 9.24. The third kappa shape index (κ3) is 6.01. The fraction of sp³-hybridized carbons (Fsp3) is 0.364. The van der Waals surface area contributed by atoms with Crippen LogP contribution in [0.15, 0.2) is 47.6 Å². The van der Waals surface area contributed by atoms with E-state index >= 15 is 0 Å². The molecule has 6 nitrogen and oxygen atoms in total. The zero-order valence-electron chi connectivity index (χ0n) is 17.1. The lowest BCUT2D eigenvalue weighted by Crippen LogP contribution is -2.33. The van der Waals surface area contributed by atoms with E-state index in [0.29, 0.717) is 30.0 Å². The van der Waals surface area contributed by atoms with E-state index in [1.165, 1.54) is 7.11 Å². The van der Waals surface area contributed by atoms with E-state index in [-0.39, 0.29) is 19.1 Å². The van der Waals surface area contributed by atoms with Crippen molar-refractivity contribution in [1.29, 1.82) is 0 Å². The molecule has 1 amide bonds. The zero-order valence-corrected chi connectivity index (χ0v) is 17.1. The maximum absolute atomic E-state index is 12.5. The second-order valence-electron chi connectivity index (χ2n) is 6.65. The Balaban J connectivity index is 0.00000420. The molecule has 0 radical (unpaired) electrons. The van der Waals surface area contributed by atoms with E-state index in [9.17, 15) is 4.79 Å². The highest BCUT2D eigenvalue weighted by Crippen LogP contribution is 2.29. The number of benzene rings is 2. The van der Waals surface area contributed by atoms with Gasteiger partial charge in [-0.1, -0.05) is 41.1 Å². The molecule has 152 valence electrons. The van der Waals surface area contributed by atoms with Crippen molar-refractivity contribution >= 4 is 11.6 Å². The quantitative estimate of drug-likeness (QED) is 0.526. The van der Waals surface area contributed by atoms with Crippen molar-refractivity contribution in [3.63, 3.8) is 0 Å². The third-order valence-electron chi connectivity index (χ3n) is 4.01. The van der Waals surface area contributed by atoms with Gasteiger partial charge >= 0.3 is 0 Å². The van der Waals surface area contributed by atoms with Gasteiger partial charge in [0.1, 0.15) is 7.11 Å². The molecule has 0 aliphatic heterocycles. The van der Waals surface area contributed by atoms with Gasteiger partial charge in [0.25, 0.3) is 5.91 Å². The molecule has 0 aliphatic rings. The molecule has 0 atom stereocenters. The van der Waals surface area contributed by atoms with E-state index in [2.05, 4.69) is 10.5 Å². The molecule has 0 aromatic heterocycles. The Hall–Kier alpha value is -3.02. The number of carbonyl (C=O) groups excluding carboxylic acids is 1. The van der Waals surface area contributed by atoms with Crippen molar-refractivity contribution in [2.75, 3.05) is 20.8 Å². The first kappa shape index (κ1) is 21.3. The van der Waals surface area contributed by atoms with Crippen molar-refractivity contribution in [3.05, 3.63) is 59.2 Å². The number of hydrogen-bond donors (Lipinski definition) is 1. The van der Waals surface area contributed by atoms with Gasteiger partial charge in [-0.25, -0.2) is 0 Å². The summed E-state index contributed by atoms with van der Waals surface area (Å²) < 4.78 is 11.1. The topological polar surface area (TPSA) is 69.2 Å². The lowest BCUT2D eigenvalue weighted by atomic mass is 10.1. The van der Waals surface area contributed by atoms with Crippen LogP contribution in [0.2, 0.25) is 0 Å². The van der Waals surface area contributed by atoms with Crippen molar-refractivity contribution in [2.45, 2.75) is 33.3 Å². The van der Waals surface area contributed by atoms with E-state index in [4.69, 9.17) is 14.3 Å². The largest absolute Gasteiger partial charge is 0.493 e. The second-order valence-corrected chi connectivity index (χ2v) is 6.65. The number of rotatable bonds is 9. The SMILES string of the molecule is CO/N=C(\C(=O)NCCc1ccc(OC(C)C)c(OC)c1)c1ccc(C)cc1.[HH]. The Morgan fingerprint density at radius 1 is 1.11 bits per heavy atom. The molecule has 0 saturated heterocycles. The smallest absolute Gasteiger partial charge is 0.273 e. The average molecular weight is 386 g/mol. The molecule has 0 saturated carbocycles. The molecule has 0 unspecified atom stereocenters. The number of amides is 1. The number of nitrogens with zero attached hydrogens (tertiary/aromatic N) is 1. The molecule has 6 heteroatoms. The van der Waals surface area contributed by atoms with Crippen LogP contribution in [0.5, 0.6) is 11.5 Å². The summed E-state index contributed by atoms with van der Waals surface area (Å²) in [6.45, 7) is 6.38. The first-order chi connectivity index (χ1) is 13.4. The van der Waals surface area contributed by atoms with E-state index < -0.39 is 0 Å². The summed E-state index contributed by atoms with van der Waals surface area (Å²) in [6.07, 6.45) is 0.720. The molecule has 2 aromatic rings. The summed E-state index contributed by atoms with van der Waals surface area (Å²) >= 11 is 0. The molecule has 0 spiro atoms. The fourth-order valence-corrected chi connectivity index (χ4v) is 2.65. The van der Waals surface area contributed by atoms with Crippen LogP contribution in [0.1, 0.15) is 32.0 Å². The highest BCUT2D eigenvalue weighted by Gasteiger charge is 2.15. The zero-order chi connectivity index (χ0) is 20.5. The second kappa shape index (κ2) is 10.3. The Morgan fingerprint density at radius 2 is 1.82 bits per heavy atom. The lowest BCUT2D eigenvalue weighted by Gasteiger charge is -2.14. The summed E-state index contributed by atoms with van der Waals surface area (Å²) in [6, 6.07) is 13.3. The molecule has 1 N–H and O–H groups in total. The molecular formula is C22H30N2O4. The van der Waals surface area contributed by atoms with Gasteiger partial charge in [0.15, 0.2) is 17.2 Å². The monoisotopic (exact) mass is 386 g/mol. The first-order valence-corrected chi connectivity index (χ1v) is 9.24. The predicted octanol–water partition coefficient (Wildman–Crippen LogP) is 3.75. The van der Waals surface area contributed by atoms with Gasteiger partial charge in [-0.2, -0.15) is 0 Å². The number of aryl methyl sites for hydroxylation is 1. The highest BCUT2D eigenvalue weighted by atomic mass is 16.6. The predicted molar refractivity (Wildman–Crippen MR) is 112 cm³/mol. The molecule has 0 bridgehead atoms. The summed E-state index contributed by atoms with van der Waals surface area (Å²) in [5.74, 6) is 1.11. The summed E-state index contributed by atoms with van der Waals surface area (Å²) in [5.41, 5.74) is 3.11. The van der Waals surface area contributed by atoms with Gasteiger partial charge in [-0.15, -0.1) is 0 Å². The minimum atomic E-state index is -0.280. The van der Waals surface area contributed by atoms with Crippen molar-refractivity contribution in [1.82, 2.24) is 5.32 Å². The lowest BCUT2D eigenvalue weighted by molar-refractivity contribution is -0.114. The number of nitrogens with one attached hydrogen (secondary N) is 1. The molecule has 0 heterocycles. The van der Waals surface area contributed by atoms with E-state index in [1.54, 1.807) is 7.11 Å². The number of hydrogen-bond acceptors (Lipinski definition) is 5. The van der Waals surface area contributed by atoms with Crippen LogP contribution in [0.3, 0.4) is 0 Å². The number of ether oxygens (including phenoxy) is 2. The molecule has 0 aliphatic carbocycles. The third-order valence-corrected chi connectivity index (χ3v) is 4.01. The summed E-state index contributed by atoms with van der Waals surface area (Å²) in [4.78, 5) is 17.4. The Bertz CT molecular complexity index is 820. The van der Waals surface area contributed by atoms with Gasteiger partial charge in [0.05, 0.1) is 13.2 Å². The van der Waals surface area contributed by atoms with Crippen LogP contribution in [-0.2, 0) is 16.1 Å². The van der Waals surface area contributed by atoms with Crippen molar-refractivity contribution in [3.8, 4) is 11.5 Å².